The fourth-order valence-electron chi connectivity index (χ4n) is 1.88. The number of ether oxygens (including phenoxy) is 1. The van der Waals surface area contributed by atoms with E-state index in [1.165, 1.54) is 0 Å². The van der Waals surface area contributed by atoms with Gasteiger partial charge in [-0.25, -0.2) is 9.78 Å². The largest absolute Gasteiger partial charge is 0.455 e. The second-order valence-electron chi connectivity index (χ2n) is 4.12. The van der Waals surface area contributed by atoms with Gasteiger partial charge in [0.05, 0.1) is 0 Å². The van der Waals surface area contributed by atoms with E-state index in [0.29, 0.717) is 28.4 Å². The molecule has 3 rings (SSSR count). The molecule has 3 aromatic rings. The van der Waals surface area contributed by atoms with Gasteiger partial charge in [0, 0.05) is 22.8 Å². The van der Waals surface area contributed by atoms with Crippen LogP contribution >= 0.6 is 11.8 Å². The maximum absolute atomic E-state index is 11.3. The third-order valence-electron chi connectivity index (χ3n) is 2.82. The molecule has 0 saturated carbocycles. The first kappa shape index (κ1) is 12.6. The minimum atomic E-state index is -0.314. The number of nitrogens with zero attached hydrogens (tertiary/aromatic N) is 1. The number of aromatic amines is 2. The number of hydrogen-bond donors (Lipinski definition) is 3. The number of nitrogen functional groups attached to an aromatic ring is 1. The smallest absolute Gasteiger partial charge is 0.325 e. The summed E-state index contributed by atoms with van der Waals surface area (Å²) in [6.07, 6.45) is 3.53. The van der Waals surface area contributed by atoms with Crippen molar-refractivity contribution >= 4 is 28.6 Å². The second kappa shape index (κ2) is 4.93. The Morgan fingerprint density at radius 1 is 1.30 bits per heavy atom. The van der Waals surface area contributed by atoms with Crippen molar-refractivity contribution in [1.29, 1.82) is 0 Å². The molecule has 0 aliphatic rings. The minimum absolute atomic E-state index is 0.314. The first-order valence-corrected chi connectivity index (χ1v) is 7.08. The molecule has 1 aromatic carbocycles. The minimum Gasteiger partial charge on any atom is -0.455 e. The van der Waals surface area contributed by atoms with Crippen molar-refractivity contribution < 1.29 is 4.74 Å². The molecule has 0 aliphatic carbocycles. The van der Waals surface area contributed by atoms with E-state index in [1.54, 1.807) is 36.2 Å². The zero-order chi connectivity index (χ0) is 14.1. The number of rotatable bonds is 3. The molecule has 0 unspecified atom stereocenters. The number of thioether (sulfide) groups is 1. The number of hydrogen-bond acceptors (Lipinski definition) is 5. The number of nitrogens with two attached hydrogens (primary N) is 1. The van der Waals surface area contributed by atoms with E-state index < -0.39 is 0 Å². The van der Waals surface area contributed by atoms with E-state index in [4.69, 9.17) is 10.5 Å². The molecule has 0 radical (unpaired) electrons. The molecular weight excluding hydrogens is 276 g/mol. The van der Waals surface area contributed by atoms with Gasteiger partial charge < -0.3 is 15.5 Å². The van der Waals surface area contributed by atoms with E-state index >= 15 is 0 Å². The molecule has 102 valence electrons. The molecule has 0 amide bonds. The zero-order valence-electron chi connectivity index (χ0n) is 10.6. The van der Waals surface area contributed by atoms with E-state index in [1.807, 2.05) is 12.3 Å². The summed E-state index contributed by atoms with van der Waals surface area (Å²) in [5, 5.41) is 0. The van der Waals surface area contributed by atoms with Gasteiger partial charge in [0.2, 0.25) is 0 Å². The quantitative estimate of drug-likeness (QED) is 0.508. The number of aromatic nitrogens is 3. The maximum atomic E-state index is 11.3. The highest BCUT2D eigenvalue weighted by Gasteiger charge is 2.08. The summed E-state index contributed by atoms with van der Waals surface area (Å²) in [7, 11) is 0. The van der Waals surface area contributed by atoms with Crippen molar-refractivity contribution in [3.05, 3.63) is 40.9 Å². The van der Waals surface area contributed by atoms with E-state index in [2.05, 4.69) is 15.0 Å². The number of nitrogens with one attached hydrogen (secondary N) is 2. The van der Waals surface area contributed by atoms with Crippen molar-refractivity contribution in [2.45, 2.75) is 4.90 Å². The number of imidazole rings is 1. The number of anilines is 1. The van der Waals surface area contributed by atoms with Gasteiger partial charge >= 0.3 is 5.69 Å². The molecular formula is C13H12N4O2S. The lowest BCUT2D eigenvalue weighted by molar-refractivity contribution is 0.485. The molecule has 0 fully saturated rings. The summed E-state index contributed by atoms with van der Waals surface area (Å²) in [6.45, 7) is 0. The van der Waals surface area contributed by atoms with E-state index in [-0.39, 0.29) is 5.69 Å². The third kappa shape index (κ3) is 2.23. The maximum Gasteiger partial charge on any atom is 0.325 e. The predicted octanol–water partition coefficient (Wildman–Crippen LogP) is 2.35. The van der Waals surface area contributed by atoms with E-state index in [0.717, 1.165) is 4.90 Å². The second-order valence-corrected chi connectivity index (χ2v) is 4.97. The highest BCUT2D eigenvalue weighted by Crippen LogP contribution is 2.31. The van der Waals surface area contributed by atoms with E-state index in [9.17, 15) is 4.79 Å². The number of fused-ring (bicyclic) bond motifs is 1. The van der Waals surface area contributed by atoms with Crippen LogP contribution in [-0.4, -0.2) is 21.2 Å². The van der Waals surface area contributed by atoms with Crippen LogP contribution in [0.4, 0.5) is 5.69 Å². The van der Waals surface area contributed by atoms with Crippen LogP contribution in [0.25, 0.3) is 11.2 Å². The first-order chi connectivity index (χ1) is 9.67. The summed E-state index contributed by atoms with van der Waals surface area (Å²) in [6, 6.07) is 7.13. The summed E-state index contributed by atoms with van der Waals surface area (Å²) < 4.78 is 5.80. The highest BCUT2D eigenvalue weighted by atomic mass is 32.2. The molecule has 0 saturated heterocycles. The Morgan fingerprint density at radius 3 is 2.95 bits per heavy atom. The summed E-state index contributed by atoms with van der Waals surface area (Å²) in [5.74, 6) is 1.18. The normalized spacial score (nSPS) is 10.8. The van der Waals surface area contributed by atoms with Crippen LogP contribution in [0.1, 0.15) is 0 Å². The molecule has 0 atom stereocenters. The van der Waals surface area contributed by atoms with Gasteiger partial charge in [0.25, 0.3) is 0 Å². The summed E-state index contributed by atoms with van der Waals surface area (Å²) in [4.78, 5) is 21.6. The van der Waals surface area contributed by atoms with Crippen molar-refractivity contribution in [2.75, 3.05) is 12.0 Å². The lowest BCUT2D eigenvalue weighted by Crippen LogP contribution is -1.99. The average Bonchev–Trinajstić information content (AvgIpc) is 2.82. The van der Waals surface area contributed by atoms with Gasteiger partial charge in [-0.1, -0.05) is 0 Å². The summed E-state index contributed by atoms with van der Waals surface area (Å²) in [5.41, 5.74) is 7.25. The average molecular weight is 288 g/mol. The molecule has 6 nitrogen and oxygen atoms in total. The molecule has 0 aliphatic heterocycles. The van der Waals surface area contributed by atoms with Crippen molar-refractivity contribution in [2.24, 2.45) is 0 Å². The monoisotopic (exact) mass is 288 g/mol. The van der Waals surface area contributed by atoms with Crippen LogP contribution in [0.5, 0.6) is 11.5 Å². The Hall–Kier alpha value is -2.41. The molecule has 0 bridgehead atoms. The van der Waals surface area contributed by atoms with Crippen LogP contribution in [0, 0.1) is 0 Å². The van der Waals surface area contributed by atoms with Crippen molar-refractivity contribution in [3.63, 3.8) is 0 Å². The van der Waals surface area contributed by atoms with Gasteiger partial charge in [-0.05, 0) is 24.5 Å². The molecule has 20 heavy (non-hydrogen) atoms. The SMILES string of the molecule is CSc1cc(Oc2ccnc3[nH]c(=O)[nH]c23)ccc1N. The Balaban J connectivity index is 2.03. The number of H-pyrrole nitrogens is 2. The molecule has 2 heterocycles. The fraction of sp³-hybridized carbons (Fsp3) is 0.0769. The zero-order valence-corrected chi connectivity index (χ0v) is 11.5. The third-order valence-corrected chi connectivity index (χ3v) is 3.61. The van der Waals surface area contributed by atoms with Gasteiger partial charge in [0.1, 0.15) is 11.3 Å². The topological polar surface area (TPSA) is 96.8 Å². The Morgan fingerprint density at radius 2 is 2.15 bits per heavy atom. The van der Waals surface area contributed by atoms with Crippen LogP contribution in [0.3, 0.4) is 0 Å². The van der Waals surface area contributed by atoms with Crippen LogP contribution in [0.15, 0.2) is 40.2 Å². The van der Waals surface area contributed by atoms with Crippen LogP contribution in [0.2, 0.25) is 0 Å². The van der Waals surface area contributed by atoms with Crippen LogP contribution in [-0.2, 0) is 0 Å². The Labute approximate surface area is 118 Å². The standard InChI is InChI=1S/C13H12N4O2S/c1-20-10-6-7(2-3-8(10)14)19-9-4-5-15-12-11(9)16-13(18)17-12/h2-6H,14H2,1H3,(H2,15,16,17,18). The lowest BCUT2D eigenvalue weighted by Gasteiger charge is -2.09. The van der Waals surface area contributed by atoms with Gasteiger partial charge in [-0.15, -0.1) is 11.8 Å². The van der Waals surface area contributed by atoms with Crippen molar-refractivity contribution in [3.8, 4) is 11.5 Å². The van der Waals surface area contributed by atoms with Gasteiger partial charge in [-0.3, -0.25) is 4.98 Å². The first-order valence-electron chi connectivity index (χ1n) is 5.86. The predicted molar refractivity (Wildman–Crippen MR) is 79.4 cm³/mol. The van der Waals surface area contributed by atoms with Gasteiger partial charge in [-0.2, -0.15) is 0 Å². The number of benzene rings is 1. The Bertz CT molecular complexity index is 825. The van der Waals surface area contributed by atoms with Crippen molar-refractivity contribution in [1.82, 2.24) is 15.0 Å². The fourth-order valence-corrected chi connectivity index (χ4v) is 2.42. The number of pyridine rings is 1. The molecule has 7 heteroatoms. The van der Waals surface area contributed by atoms with Gasteiger partial charge in [0.15, 0.2) is 11.4 Å². The molecule has 4 N–H and O–H groups in total. The summed E-state index contributed by atoms with van der Waals surface area (Å²) >= 11 is 1.55. The lowest BCUT2D eigenvalue weighted by atomic mass is 10.3. The molecule has 2 aromatic heterocycles. The van der Waals surface area contributed by atoms with Crippen LogP contribution < -0.4 is 16.2 Å². The Kier molecular flexibility index (Phi) is 3.11. The highest BCUT2D eigenvalue weighted by molar-refractivity contribution is 7.98. The molecule has 0 spiro atoms.